The van der Waals surface area contributed by atoms with Crippen molar-refractivity contribution in [3.05, 3.63) is 32.2 Å². The SMILES string of the molecule is CCOc1cc(C=N/N=C2/NC(=O)/C(=C\C(=O)OC)S2)cc(I)c1OCC#N. The zero-order chi connectivity index (χ0) is 20.5. The molecule has 0 spiro atoms. The van der Waals surface area contributed by atoms with Crippen LogP contribution < -0.4 is 14.8 Å². The van der Waals surface area contributed by atoms with Crippen molar-refractivity contribution in [2.45, 2.75) is 6.92 Å². The van der Waals surface area contributed by atoms with E-state index in [0.29, 0.717) is 23.7 Å². The number of amides is 1. The molecule has 0 aliphatic carbocycles. The van der Waals surface area contributed by atoms with Crippen LogP contribution in [0.15, 0.2) is 33.3 Å². The molecule has 1 aromatic carbocycles. The second-order valence-corrected chi connectivity index (χ2v) is 7.14. The molecular weight excluding hydrogens is 499 g/mol. The number of benzene rings is 1. The molecule has 9 nitrogen and oxygen atoms in total. The lowest BCUT2D eigenvalue weighted by Crippen LogP contribution is -2.19. The average molecular weight is 514 g/mol. The van der Waals surface area contributed by atoms with Gasteiger partial charge in [0.25, 0.3) is 5.91 Å². The first-order valence-electron chi connectivity index (χ1n) is 7.84. The van der Waals surface area contributed by atoms with E-state index in [-0.39, 0.29) is 16.7 Å². The fourth-order valence-electron chi connectivity index (χ4n) is 1.96. The van der Waals surface area contributed by atoms with Gasteiger partial charge in [-0.05, 0) is 59.0 Å². The van der Waals surface area contributed by atoms with E-state index >= 15 is 0 Å². The lowest BCUT2D eigenvalue weighted by Gasteiger charge is -2.12. The first-order valence-corrected chi connectivity index (χ1v) is 9.74. The number of nitrogens with one attached hydrogen (secondary N) is 1. The minimum atomic E-state index is -0.626. The fraction of sp³-hybridized carbons (Fsp3) is 0.235. The third-order valence-electron chi connectivity index (χ3n) is 3.07. The van der Waals surface area contributed by atoms with Crippen molar-refractivity contribution in [1.82, 2.24) is 5.32 Å². The molecule has 1 aliphatic rings. The highest BCUT2D eigenvalue weighted by molar-refractivity contribution is 14.1. The van der Waals surface area contributed by atoms with E-state index in [1.165, 1.54) is 13.3 Å². The van der Waals surface area contributed by atoms with E-state index in [1.807, 2.05) is 13.0 Å². The number of amidine groups is 1. The molecule has 1 heterocycles. The predicted octanol–water partition coefficient (Wildman–Crippen LogP) is 2.20. The number of esters is 1. The standard InChI is InChI=1S/C17H15IN4O5S/c1-3-26-12-7-10(6-11(18)15(12)27-5-4-19)9-20-22-17-21-16(24)13(28-17)8-14(23)25-2/h6-9H,3,5H2,1-2H3,(H,21,22,24)/b13-8+,20-9?. The van der Waals surface area contributed by atoms with Gasteiger partial charge in [-0.25, -0.2) is 4.79 Å². The summed E-state index contributed by atoms with van der Waals surface area (Å²) >= 11 is 3.06. The Morgan fingerprint density at radius 2 is 2.21 bits per heavy atom. The van der Waals surface area contributed by atoms with Crippen molar-refractivity contribution in [3.8, 4) is 17.6 Å². The van der Waals surface area contributed by atoms with Crippen LogP contribution >= 0.6 is 34.4 Å². The van der Waals surface area contributed by atoms with Gasteiger partial charge < -0.3 is 14.2 Å². The van der Waals surface area contributed by atoms with Crippen LogP contribution in [0.3, 0.4) is 0 Å². The Morgan fingerprint density at radius 3 is 2.89 bits per heavy atom. The van der Waals surface area contributed by atoms with Crippen LogP contribution in [0.2, 0.25) is 0 Å². The van der Waals surface area contributed by atoms with E-state index in [9.17, 15) is 9.59 Å². The van der Waals surface area contributed by atoms with Gasteiger partial charge in [0.2, 0.25) is 0 Å². The van der Waals surface area contributed by atoms with Crippen LogP contribution in [0.4, 0.5) is 0 Å². The van der Waals surface area contributed by atoms with Gasteiger partial charge in [-0.1, -0.05) is 0 Å². The van der Waals surface area contributed by atoms with Crippen LogP contribution in [0, 0.1) is 14.9 Å². The van der Waals surface area contributed by atoms with Crippen LogP contribution in [0.25, 0.3) is 0 Å². The summed E-state index contributed by atoms with van der Waals surface area (Å²) in [5.41, 5.74) is 0.696. The smallest absolute Gasteiger partial charge is 0.331 e. The number of nitrogens with zero attached hydrogens (tertiary/aromatic N) is 3. The summed E-state index contributed by atoms with van der Waals surface area (Å²) in [5, 5.41) is 19.3. The maximum Gasteiger partial charge on any atom is 0.331 e. The molecule has 1 N–H and O–H groups in total. The molecule has 1 amide bonds. The minimum absolute atomic E-state index is 0.0878. The Bertz CT molecular complexity index is 908. The summed E-state index contributed by atoms with van der Waals surface area (Å²) in [7, 11) is 1.23. The summed E-state index contributed by atoms with van der Waals surface area (Å²) < 4.78 is 16.2. The van der Waals surface area contributed by atoms with E-state index in [2.05, 4.69) is 42.8 Å². The monoisotopic (exact) mass is 514 g/mol. The second-order valence-electron chi connectivity index (χ2n) is 4.95. The Balaban J connectivity index is 2.17. The number of hydrogen-bond donors (Lipinski definition) is 1. The molecular formula is C17H15IN4O5S. The lowest BCUT2D eigenvalue weighted by molar-refractivity contribution is -0.135. The lowest BCUT2D eigenvalue weighted by atomic mass is 10.2. The quantitative estimate of drug-likeness (QED) is 0.195. The first-order chi connectivity index (χ1) is 13.5. The minimum Gasteiger partial charge on any atom is -0.490 e. The highest BCUT2D eigenvalue weighted by Crippen LogP contribution is 2.34. The molecule has 28 heavy (non-hydrogen) atoms. The molecule has 11 heteroatoms. The van der Waals surface area contributed by atoms with Crippen LogP contribution in [0.1, 0.15) is 12.5 Å². The molecule has 0 aromatic heterocycles. The molecule has 0 radical (unpaired) electrons. The van der Waals surface area contributed by atoms with E-state index < -0.39 is 11.9 Å². The van der Waals surface area contributed by atoms with E-state index in [1.54, 1.807) is 12.1 Å². The van der Waals surface area contributed by atoms with Crippen molar-refractivity contribution in [3.63, 3.8) is 0 Å². The highest BCUT2D eigenvalue weighted by Gasteiger charge is 2.25. The third-order valence-corrected chi connectivity index (χ3v) is 4.77. The van der Waals surface area contributed by atoms with Crippen molar-refractivity contribution in [2.24, 2.45) is 10.2 Å². The van der Waals surface area contributed by atoms with E-state index in [0.717, 1.165) is 21.4 Å². The average Bonchev–Trinajstić information content (AvgIpc) is 3.00. The molecule has 1 aliphatic heterocycles. The number of rotatable bonds is 7. The van der Waals surface area contributed by atoms with Gasteiger partial charge >= 0.3 is 5.97 Å². The van der Waals surface area contributed by atoms with Crippen molar-refractivity contribution in [2.75, 3.05) is 20.3 Å². The maximum absolute atomic E-state index is 11.8. The summed E-state index contributed by atoms with van der Waals surface area (Å²) in [6, 6.07) is 5.43. The van der Waals surface area contributed by atoms with Gasteiger partial charge in [-0.15, -0.1) is 5.10 Å². The Hall–Kier alpha value is -2.59. The Morgan fingerprint density at radius 1 is 1.43 bits per heavy atom. The van der Waals surface area contributed by atoms with Crippen LogP contribution in [-0.4, -0.2) is 43.6 Å². The van der Waals surface area contributed by atoms with Gasteiger partial charge in [0.1, 0.15) is 6.07 Å². The molecule has 1 fully saturated rings. The van der Waals surface area contributed by atoms with Gasteiger partial charge in [-0.3, -0.25) is 10.1 Å². The summed E-state index contributed by atoms with van der Waals surface area (Å²) in [5.74, 6) is -0.0927. The largest absolute Gasteiger partial charge is 0.490 e. The number of hydrogen-bond acceptors (Lipinski definition) is 9. The normalized spacial score (nSPS) is 16.3. The number of ether oxygens (including phenoxy) is 3. The number of carbonyl (C=O) groups excluding carboxylic acids is 2. The van der Waals surface area contributed by atoms with Gasteiger partial charge in [0.05, 0.1) is 28.4 Å². The topological polar surface area (TPSA) is 122 Å². The summed E-state index contributed by atoms with van der Waals surface area (Å²) in [6.45, 7) is 2.18. The number of carbonyl (C=O) groups is 2. The second kappa shape index (κ2) is 10.7. The fourth-order valence-corrected chi connectivity index (χ4v) is 3.48. The van der Waals surface area contributed by atoms with Crippen LogP contribution in [-0.2, 0) is 14.3 Å². The maximum atomic E-state index is 11.8. The zero-order valence-corrected chi connectivity index (χ0v) is 17.9. The van der Waals surface area contributed by atoms with Gasteiger partial charge in [0.15, 0.2) is 23.3 Å². The number of methoxy groups -OCH3 is 1. The molecule has 2 rings (SSSR count). The molecule has 0 saturated carbocycles. The molecule has 1 aromatic rings. The Kier molecular flexibility index (Phi) is 8.27. The predicted molar refractivity (Wildman–Crippen MR) is 112 cm³/mol. The zero-order valence-electron chi connectivity index (χ0n) is 14.9. The third kappa shape index (κ3) is 5.96. The van der Waals surface area contributed by atoms with Crippen molar-refractivity contribution in [1.29, 1.82) is 5.26 Å². The van der Waals surface area contributed by atoms with E-state index in [4.69, 9.17) is 14.7 Å². The number of thioether (sulfide) groups is 1. The molecule has 0 atom stereocenters. The first kappa shape index (κ1) is 21.7. The molecule has 0 unspecified atom stereocenters. The van der Waals surface area contributed by atoms with Crippen molar-refractivity contribution >= 4 is 57.6 Å². The Labute approximate surface area is 179 Å². The van der Waals surface area contributed by atoms with Gasteiger partial charge in [-0.2, -0.15) is 10.4 Å². The number of nitriles is 1. The molecule has 146 valence electrons. The highest BCUT2D eigenvalue weighted by atomic mass is 127. The van der Waals surface area contributed by atoms with Crippen molar-refractivity contribution < 1.29 is 23.8 Å². The summed E-state index contributed by atoms with van der Waals surface area (Å²) in [6.07, 6.45) is 2.57. The van der Waals surface area contributed by atoms with Gasteiger partial charge in [0, 0.05) is 6.08 Å². The number of halogens is 1. The van der Waals surface area contributed by atoms with Crippen LogP contribution in [0.5, 0.6) is 11.5 Å². The summed E-state index contributed by atoms with van der Waals surface area (Å²) in [4.78, 5) is 23.2. The molecule has 0 bridgehead atoms. The molecule has 1 saturated heterocycles.